The zero-order valence-electron chi connectivity index (χ0n) is 19.4. The Bertz CT molecular complexity index is 1310. The number of likely N-dealkylation sites (tertiary alicyclic amines) is 1. The Labute approximate surface area is 214 Å². The number of ether oxygens (including phenoxy) is 1. The van der Waals surface area contributed by atoms with Crippen LogP contribution in [0.5, 0.6) is 5.75 Å². The Morgan fingerprint density at radius 3 is 2.57 bits per heavy atom. The SMILES string of the molecule is CC(Oc1ccc2[nH]nc(/C=C/c3cnc(CN4CCCCC4)cn3)c2c1)c1c(Cl)cncc1Cl. The van der Waals surface area contributed by atoms with E-state index in [4.69, 9.17) is 27.9 Å². The number of H-pyrrole nitrogens is 1. The van der Waals surface area contributed by atoms with Crippen LogP contribution in [-0.2, 0) is 6.54 Å². The van der Waals surface area contributed by atoms with Crippen LogP contribution < -0.4 is 4.74 Å². The number of nitrogens with one attached hydrogen (secondary N) is 1. The maximum Gasteiger partial charge on any atom is 0.124 e. The zero-order chi connectivity index (χ0) is 24.2. The Kier molecular flexibility index (Phi) is 7.27. The second-order valence-electron chi connectivity index (χ2n) is 8.70. The lowest BCUT2D eigenvalue weighted by atomic mass is 10.1. The molecule has 4 heterocycles. The summed E-state index contributed by atoms with van der Waals surface area (Å²) in [4.78, 5) is 15.6. The van der Waals surface area contributed by atoms with E-state index >= 15 is 0 Å². The molecule has 1 unspecified atom stereocenters. The molecule has 0 saturated carbocycles. The molecule has 0 radical (unpaired) electrons. The minimum atomic E-state index is -0.347. The molecule has 3 aromatic heterocycles. The number of hydrogen-bond donors (Lipinski definition) is 1. The summed E-state index contributed by atoms with van der Waals surface area (Å²) < 4.78 is 6.14. The molecule has 4 aromatic rings. The van der Waals surface area contributed by atoms with Crippen LogP contribution in [0.1, 0.15) is 54.9 Å². The first-order valence-corrected chi connectivity index (χ1v) is 12.5. The molecule has 0 amide bonds. The highest BCUT2D eigenvalue weighted by atomic mass is 35.5. The summed E-state index contributed by atoms with van der Waals surface area (Å²) in [5.74, 6) is 0.687. The predicted molar refractivity (Wildman–Crippen MR) is 139 cm³/mol. The van der Waals surface area contributed by atoms with Gasteiger partial charge in [0.1, 0.15) is 11.9 Å². The van der Waals surface area contributed by atoms with Crippen LogP contribution in [0.2, 0.25) is 10.0 Å². The van der Waals surface area contributed by atoms with Gasteiger partial charge in [-0.05, 0) is 63.2 Å². The Morgan fingerprint density at radius 2 is 1.83 bits per heavy atom. The second-order valence-corrected chi connectivity index (χ2v) is 9.51. The Morgan fingerprint density at radius 1 is 1.03 bits per heavy atom. The Balaban J connectivity index is 1.29. The quantitative estimate of drug-likeness (QED) is 0.313. The summed E-state index contributed by atoms with van der Waals surface area (Å²) >= 11 is 12.6. The van der Waals surface area contributed by atoms with E-state index in [1.165, 1.54) is 19.3 Å². The average Bonchev–Trinajstić information content (AvgIpc) is 3.26. The van der Waals surface area contributed by atoms with Gasteiger partial charge in [-0.25, -0.2) is 0 Å². The molecule has 1 atom stereocenters. The van der Waals surface area contributed by atoms with Gasteiger partial charge in [0, 0.05) is 29.9 Å². The summed E-state index contributed by atoms with van der Waals surface area (Å²) in [7, 11) is 0. The van der Waals surface area contributed by atoms with E-state index in [1.807, 2.05) is 49.7 Å². The molecule has 1 aliphatic heterocycles. The van der Waals surface area contributed by atoms with E-state index < -0.39 is 0 Å². The van der Waals surface area contributed by atoms with Gasteiger partial charge in [-0.1, -0.05) is 29.6 Å². The number of nitrogens with zero attached hydrogens (tertiary/aromatic N) is 5. The number of halogens is 2. The van der Waals surface area contributed by atoms with Crippen molar-refractivity contribution in [3.05, 3.63) is 75.7 Å². The summed E-state index contributed by atoms with van der Waals surface area (Å²) in [5.41, 5.74) is 4.19. The van der Waals surface area contributed by atoms with Crippen molar-refractivity contribution in [1.29, 1.82) is 0 Å². The molecule has 0 spiro atoms. The minimum absolute atomic E-state index is 0.347. The third-order valence-corrected chi connectivity index (χ3v) is 6.75. The van der Waals surface area contributed by atoms with Crippen LogP contribution >= 0.6 is 23.2 Å². The molecule has 1 aromatic carbocycles. The maximum absolute atomic E-state index is 6.29. The highest BCUT2D eigenvalue weighted by Gasteiger charge is 2.17. The van der Waals surface area contributed by atoms with Gasteiger partial charge in [0.25, 0.3) is 0 Å². The number of pyridine rings is 1. The lowest BCUT2D eigenvalue weighted by Crippen LogP contribution is -2.29. The van der Waals surface area contributed by atoms with E-state index in [0.717, 1.165) is 47.6 Å². The lowest BCUT2D eigenvalue weighted by molar-refractivity contribution is 0.218. The average molecular weight is 509 g/mol. The first kappa shape index (κ1) is 23.7. The minimum Gasteiger partial charge on any atom is -0.486 e. The van der Waals surface area contributed by atoms with Crippen molar-refractivity contribution < 1.29 is 4.74 Å². The van der Waals surface area contributed by atoms with Crippen LogP contribution in [0, 0.1) is 0 Å². The molecular formula is C26H26Cl2N6O. The predicted octanol–water partition coefficient (Wildman–Crippen LogP) is 6.35. The number of fused-ring (bicyclic) bond motifs is 1. The summed E-state index contributed by atoms with van der Waals surface area (Å²) in [6.45, 7) is 5.05. The van der Waals surface area contributed by atoms with E-state index in [1.54, 1.807) is 12.4 Å². The van der Waals surface area contributed by atoms with E-state index in [-0.39, 0.29) is 6.10 Å². The van der Waals surface area contributed by atoms with Gasteiger partial charge in [0.2, 0.25) is 0 Å². The monoisotopic (exact) mass is 508 g/mol. The smallest absolute Gasteiger partial charge is 0.124 e. The molecule has 7 nitrogen and oxygen atoms in total. The summed E-state index contributed by atoms with van der Waals surface area (Å²) in [6, 6.07) is 5.78. The number of hydrogen-bond acceptors (Lipinski definition) is 6. The van der Waals surface area contributed by atoms with Gasteiger partial charge in [-0.3, -0.25) is 25.0 Å². The van der Waals surface area contributed by atoms with Crippen LogP contribution in [0.25, 0.3) is 23.1 Å². The second kappa shape index (κ2) is 10.7. The molecule has 5 rings (SSSR count). The molecule has 9 heteroatoms. The molecule has 1 aliphatic rings. The van der Waals surface area contributed by atoms with Crippen molar-refractivity contribution in [2.45, 2.75) is 38.8 Å². The van der Waals surface area contributed by atoms with Crippen LogP contribution in [0.3, 0.4) is 0 Å². The van der Waals surface area contributed by atoms with E-state index in [0.29, 0.717) is 21.4 Å². The first-order valence-electron chi connectivity index (χ1n) is 11.7. The van der Waals surface area contributed by atoms with E-state index in [9.17, 15) is 0 Å². The van der Waals surface area contributed by atoms with Crippen LogP contribution in [0.4, 0.5) is 0 Å². The van der Waals surface area contributed by atoms with Crippen molar-refractivity contribution in [3.63, 3.8) is 0 Å². The van der Waals surface area contributed by atoms with Gasteiger partial charge in [0.05, 0.1) is 45.0 Å². The molecule has 1 N–H and O–H groups in total. The largest absolute Gasteiger partial charge is 0.486 e. The van der Waals surface area contributed by atoms with Gasteiger partial charge < -0.3 is 4.74 Å². The molecule has 35 heavy (non-hydrogen) atoms. The van der Waals surface area contributed by atoms with Crippen molar-refractivity contribution in [3.8, 4) is 5.75 Å². The molecular weight excluding hydrogens is 483 g/mol. The van der Waals surface area contributed by atoms with E-state index in [2.05, 4.69) is 30.0 Å². The third-order valence-electron chi connectivity index (χ3n) is 6.15. The van der Waals surface area contributed by atoms with Crippen LogP contribution in [0.15, 0.2) is 43.0 Å². The van der Waals surface area contributed by atoms with Crippen molar-refractivity contribution in [1.82, 2.24) is 30.0 Å². The summed E-state index contributed by atoms with van der Waals surface area (Å²) in [6.07, 6.45) is 14.2. The van der Waals surface area contributed by atoms with Crippen molar-refractivity contribution in [2.75, 3.05) is 13.1 Å². The Hall–Kier alpha value is -3.00. The normalized spacial score (nSPS) is 15.6. The molecule has 180 valence electrons. The molecule has 1 saturated heterocycles. The number of rotatable bonds is 7. The number of aromatic nitrogens is 5. The van der Waals surface area contributed by atoms with Crippen LogP contribution in [-0.4, -0.2) is 43.1 Å². The van der Waals surface area contributed by atoms with Gasteiger partial charge >= 0.3 is 0 Å². The van der Waals surface area contributed by atoms with Gasteiger partial charge in [-0.2, -0.15) is 5.10 Å². The maximum atomic E-state index is 6.29. The van der Waals surface area contributed by atoms with Gasteiger partial charge in [0.15, 0.2) is 0 Å². The third kappa shape index (κ3) is 5.64. The number of aromatic amines is 1. The van der Waals surface area contributed by atoms with Gasteiger partial charge in [-0.15, -0.1) is 0 Å². The standard InChI is InChI=1S/C26H26Cl2N6O/c1-17(26-22(27)14-29-15-23(26)28)35-20-6-8-25-21(11-20)24(32-33-25)7-5-18-12-31-19(13-30-18)16-34-9-3-2-4-10-34/h5-8,11-15,17H,2-4,9-10,16H2,1H3,(H,32,33)/b7-5+. The zero-order valence-corrected chi connectivity index (χ0v) is 20.9. The number of piperidine rings is 1. The topological polar surface area (TPSA) is 79.8 Å². The molecule has 0 aliphatic carbocycles. The fourth-order valence-corrected chi connectivity index (χ4v) is 5.00. The molecule has 0 bridgehead atoms. The summed E-state index contributed by atoms with van der Waals surface area (Å²) in [5, 5.41) is 9.38. The number of benzene rings is 1. The first-order chi connectivity index (χ1) is 17.1. The highest BCUT2D eigenvalue weighted by Crippen LogP contribution is 2.33. The van der Waals surface area contributed by atoms with Crippen molar-refractivity contribution >= 4 is 46.3 Å². The highest BCUT2D eigenvalue weighted by molar-refractivity contribution is 6.35. The fraction of sp³-hybridized carbons (Fsp3) is 0.308. The fourth-order valence-electron chi connectivity index (χ4n) is 4.33. The van der Waals surface area contributed by atoms with Crippen molar-refractivity contribution in [2.24, 2.45) is 0 Å². The lowest BCUT2D eigenvalue weighted by Gasteiger charge is -2.25. The molecule has 1 fully saturated rings.